The van der Waals surface area contributed by atoms with E-state index in [2.05, 4.69) is 16.4 Å². The first-order chi connectivity index (χ1) is 15.5. The molecule has 2 aromatic carbocycles. The summed E-state index contributed by atoms with van der Waals surface area (Å²) in [5.41, 5.74) is 1.92. The molecule has 0 spiro atoms. The third-order valence-corrected chi connectivity index (χ3v) is 4.82. The van der Waals surface area contributed by atoms with Crippen LogP contribution in [0.15, 0.2) is 60.0 Å². The molecule has 0 aromatic heterocycles. The van der Waals surface area contributed by atoms with Crippen molar-refractivity contribution < 1.29 is 32.4 Å². The van der Waals surface area contributed by atoms with Crippen molar-refractivity contribution in [1.82, 2.24) is 5.32 Å². The van der Waals surface area contributed by atoms with E-state index in [0.29, 0.717) is 12.1 Å². The molecule has 0 saturated heterocycles. The van der Waals surface area contributed by atoms with Crippen molar-refractivity contribution >= 4 is 35.0 Å². The number of hydrogen-bond donors (Lipinski definition) is 2. The largest absolute Gasteiger partial charge is 0.454 e. The highest BCUT2D eigenvalue weighted by Gasteiger charge is 2.33. The minimum Gasteiger partial charge on any atom is -0.454 e. The second kappa shape index (κ2) is 9.76. The van der Waals surface area contributed by atoms with E-state index >= 15 is 0 Å². The summed E-state index contributed by atoms with van der Waals surface area (Å²) in [6.07, 6.45) is -3.28. The molecule has 1 aliphatic carbocycles. The molecule has 1 unspecified atom stereocenters. The summed E-state index contributed by atoms with van der Waals surface area (Å²) in [7, 11) is 0. The summed E-state index contributed by atoms with van der Waals surface area (Å²) in [4.78, 5) is 34.3. The molecule has 0 saturated carbocycles. The number of urea groups is 1. The Morgan fingerprint density at radius 1 is 1.15 bits per heavy atom. The molecule has 0 aliphatic heterocycles. The molecule has 0 heterocycles. The standard InChI is InChI=1S/C21H15ClF3N3O5/c22-18-10-5-14(11-17(18)21(23,24)25)27-20(30)26-13-3-8-16(9-4-13)33-19(29)12-1-6-15(7-2-12)28(31)32/h1-2,5-7,9-11,16H,3,8H2,(H2,26,27,30). The van der Waals surface area contributed by atoms with Gasteiger partial charge in [0.05, 0.1) is 26.8 Å². The predicted octanol–water partition coefficient (Wildman–Crippen LogP) is 5.45. The Bertz CT molecular complexity index is 1160. The number of amides is 2. The molecule has 2 aromatic rings. The number of esters is 1. The second-order valence-corrected chi connectivity index (χ2v) is 7.25. The topological polar surface area (TPSA) is 111 Å². The summed E-state index contributed by atoms with van der Waals surface area (Å²) in [6, 6.07) is 7.14. The van der Waals surface area contributed by atoms with Crippen molar-refractivity contribution in [2.24, 2.45) is 0 Å². The lowest BCUT2D eigenvalue weighted by molar-refractivity contribution is -0.384. The number of nitrogens with zero attached hydrogens (tertiary/aromatic N) is 1. The molecule has 3 rings (SSSR count). The minimum atomic E-state index is -4.67. The summed E-state index contributed by atoms with van der Waals surface area (Å²) in [5.74, 6) is -0.676. The zero-order valence-electron chi connectivity index (χ0n) is 16.6. The number of non-ortho nitro benzene ring substituents is 1. The maximum Gasteiger partial charge on any atom is 0.417 e. The van der Waals surface area contributed by atoms with Gasteiger partial charge in [0.15, 0.2) is 0 Å². The first-order valence-electron chi connectivity index (χ1n) is 9.39. The molecule has 33 heavy (non-hydrogen) atoms. The van der Waals surface area contributed by atoms with Gasteiger partial charge in [-0.25, -0.2) is 9.59 Å². The number of hydrogen-bond acceptors (Lipinski definition) is 5. The van der Waals surface area contributed by atoms with Gasteiger partial charge in [-0.1, -0.05) is 17.3 Å². The molecule has 12 heteroatoms. The third-order valence-electron chi connectivity index (χ3n) is 4.49. The lowest BCUT2D eigenvalue weighted by atomic mass is 10.1. The first kappa shape index (κ1) is 23.8. The van der Waals surface area contributed by atoms with Gasteiger partial charge >= 0.3 is 18.2 Å². The van der Waals surface area contributed by atoms with E-state index in [-0.39, 0.29) is 23.4 Å². The molecule has 0 fully saturated rings. The van der Waals surface area contributed by atoms with Gasteiger partial charge in [-0.2, -0.15) is 13.2 Å². The zero-order valence-corrected chi connectivity index (χ0v) is 17.4. The van der Waals surface area contributed by atoms with E-state index in [1.165, 1.54) is 36.4 Å². The zero-order chi connectivity index (χ0) is 24.2. The van der Waals surface area contributed by atoms with Crippen LogP contribution in [0.4, 0.5) is 29.3 Å². The molecule has 2 N–H and O–H groups in total. The quantitative estimate of drug-likeness (QED) is 0.255. The molecule has 1 aliphatic rings. The Balaban J connectivity index is 1.58. The van der Waals surface area contributed by atoms with Crippen LogP contribution >= 0.6 is 11.6 Å². The van der Waals surface area contributed by atoms with Gasteiger partial charge < -0.3 is 15.4 Å². The highest BCUT2D eigenvalue weighted by molar-refractivity contribution is 6.31. The maximum atomic E-state index is 12.9. The van der Waals surface area contributed by atoms with E-state index in [9.17, 15) is 32.9 Å². The first-order valence-corrected chi connectivity index (χ1v) is 9.76. The number of halogens is 4. The Morgan fingerprint density at radius 3 is 2.42 bits per heavy atom. The molecule has 2 amide bonds. The molecule has 8 nitrogen and oxygen atoms in total. The van der Waals surface area contributed by atoms with Crippen molar-refractivity contribution in [3.8, 4) is 0 Å². The van der Waals surface area contributed by atoms with Crippen LogP contribution in [0.5, 0.6) is 0 Å². The van der Waals surface area contributed by atoms with Gasteiger partial charge in [-0.05, 0) is 49.2 Å². The fraction of sp³-hybridized carbons (Fsp3) is 0.190. The van der Waals surface area contributed by atoms with Crippen LogP contribution in [-0.4, -0.2) is 23.0 Å². The normalized spacial score (nSPS) is 15.4. The van der Waals surface area contributed by atoms with Crippen molar-refractivity contribution in [3.05, 3.63) is 86.2 Å². The van der Waals surface area contributed by atoms with E-state index in [4.69, 9.17) is 16.3 Å². The monoisotopic (exact) mass is 481 g/mol. The van der Waals surface area contributed by atoms with Crippen LogP contribution in [0.2, 0.25) is 5.02 Å². The van der Waals surface area contributed by atoms with Gasteiger partial charge in [-0.3, -0.25) is 10.1 Å². The number of carbonyl (C=O) groups is 2. The molecular formula is C21H15ClF3N3O5. The fourth-order valence-electron chi connectivity index (χ4n) is 2.87. The van der Waals surface area contributed by atoms with Crippen molar-refractivity contribution in [2.45, 2.75) is 25.1 Å². The van der Waals surface area contributed by atoms with Crippen LogP contribution in [0.1, 0.15) is 28.8 Å². The smallest absolute Gasteiger partial charge is 0.417 e. The summed E-state index contributed by atoms with van der Waals surface area (Å²) in [5, 5.41) is 14.9. The SMILES string of the molecule is O=C(NC1=C=CC(OC(=O)c2ccc([N+](=O)[O-])cc2)CC1)Nc1ccc(Cl)c(C(F)(F)F)c1. The lowest BCUT2D eigenvalue weighted by Gasteiger charge is -2.18. The summed E-state index contributed by atoms with van der Waals surface area (Å²) in [6.45, 7) is 0. The summed E-state index contributed by atoms with van der Waals surface area (Å²) < 4.78 is 44.1. The van der Waals surface area contributed by atoms with Gasteiger partial charge in [0.2, 0.25) is 0 Å². The van der Waals surface area contributed by atoms with Crippen LogP contribution in [0.25, 0.3) is 0 Å². The second-order valence-electron chi connectivity index (χ2n) is 6.85. The highest BCUT2D eigenvalue weighted by Crippen LogP contribution is 2.36. The van der Waals surface area contributed by atoms with Gasteiger partial charge in [0, 0.05) is 17.8 Å². The van der Waals surface area contributed by atoms with Gasteiger partial charge in [0.25, 0.3) is 5.69 Å². The van der Waals surface area contributed by atoms with Crippen LogP contribution < -0.4 is 10.6 Å². The van der Waals surface area contributed by atoms with E-state index < -0.39 is 39.8 Å². The number of nitro benzene ring substituents is 1. The number of benzene rings is 2. The average molecular weight is 482 g/mol. The molecule has 172 valence electrons. The van der Waals surface area contributed by atoms with Gasteiger partial charge in [0.1, 0.15) is 6.10 Å². The average Bonchev–Trinajstić information content (AvgIpc) is 2.75. The highest BCUT2D eigenvalue weighted by atomic mass is 35.5. The van der Waals surface area contributed by atoms with Crippen molar-refractivity contribution in [3.63, 3.8) is 0 Å². The number of alkyl halides is 3. The Morgan fingerprint density at radius 2 is 1.85 bits per heavy atom. The number of rotatable bonds is 5. The number of anilines is 1. The molecule has 0 radical (unpaired) electrons. The van der Waals surface area contributed by atoms with Crippen LogP contribution in [-0.2, 0) is 10.9 Å². The van der Waals surface area contributed by atoms with Crippen LogP contribution in [0.3, 0.4) is 0 Å². The van der Waals surface area contributed by atoms with Gasteiger partial charge in [-0.15, -0.1) is 0 Å². The minimum absolute atomic E-state index is 0.0977. The Hall–Kier alpha value is -3.82. The van der Waals surface area contributed by atoms with Crippen LogP contribution in [0, 0.1) is 10.1 Å². The number of ether oxygens (including phenoxy) is 1. The molecule has 0 bridgehead atoms. The van der Waals surface area contributed by atoms with Crippen molar-refractivity contribution in [2.75, 3.05) is 5.32 Å². The lowest BCUT2D eigenvalue weighted by Crippen LogP contribution is -2.29. The number of nitro groups is 1. The molecular weight excluding hydrogens is 467 g/mol. The van der Waals surface area contributed by atoms with E-state index in [0.717, 1.165) is 12.1 Å². The Labute approximate surface area is 189 Å². The van der Waals surface area contributed by atoms with E-state index in [1.807, 2.05) is 0 Å². The van der Waals surface area contributed by atoms with Crippen molar-refractivity contribution in [1.29, 1.82) is 0 Å². The Kier molecular flexibility index (Phi) is 7.05. The maximum absolute atomic E-state index is 12.9. The number of carbonyl (C=O) groups excluding carboxylic acids is 2. The third kappa shape index (κ3) is 6.34. The van der Waals surface area contributed by atoms with E-state index in [1.54, 1.807) is 0 Å². The predicted molar refractivity (Wildman–Crippen MR) is 112 cm³/mol. The molecule has 1 atom stereocenters. The summed E-state index contributed by atoms with van der Waals surface area (Å²) >= 11 is 5.55. The fourth-order valence-corrected chi connectivity index (χ4v) is 3.10. The number of nitrogens with one attached hydrogen (secondary N) is 2.